The fourth-order valence-electron chi connectivity index (χ4n) is 2.64. The average molecular weight is 403 g/mol. The summed E-state index contributed by atoms with van der Waals surface area (Å²) in [5.41, 5.74) is 0.324. The number of rotatable bonds is 3. The van der Waals surface area contributed by atoms with Gasteiger partial charge in [0.1, 0.15) is 5.69 Å². The highest BCUT2D eigenvalue weighted by Gasteiger charge is 2.30. The van der Waals surface area contributed by atoms with E-state index in [0.29, 0.717) is 10.8 Å². The predicted octanol–water partition coefficient (Wildman–Crippen LogP) is 4.43. The largest absolute Gasteiger partial charge is 0.416 e. The molecule has 10 heteroatoms. The number of alkyl halides is 3. The van der Waals surface area contributed by atoms with Crippen LogP contribution in [0.3, 0.4) is 0 Å². The molecule has 0 fully saturated rings. The highest BCUT2D eigenvalue weighted by molar-refractivity contribution is 7.15. The average Bonchev–Trinajstić information content (AvgIpc) is 3.26. The van der Waals surface area contributed by atoms with Crippen molar-refractivity contribution in [3.8, 4) is 11.3 Å². The maximum absolute atomic E-state index is 13.0. The van der Waals surface area contributed by atoms with Gasteiger partial charge in [-0.25, -0.2) is 14.5 Å². The van der Waals surface area contributed by atoms with E-state index >= 15 is 0 Å². The van der Waals surface area contributed by atoms with E-state index in [0.717, 1.165) is 17.0 Å². The van der Waals surface area contributed by atoms with Gasteiger partial charge in [0.15, 0.2) is 10.8 Å². The Hall–Kier alpha value is -3.27. The minimum atomic E-state index is -4.45. The molecule has 0 aliphatic rings. The Labute approximate surface area is 160 Å². The molecule has 0 aliphatic carbocycles. The Balaban J connectivity index is 1.72. The van der Waals surface area contributed by atoms with Crippen LogP contribution in [0.5, 0.6) is 0 Å². The molecule has 1 aromatic carbocycles. The first-order valence-corrected chi connectivity index (χ1v) is 8.89. The van der Waals surface area contributed by atoms with Gasteiger partial charge in [-0.2, -0.15) is 18.3 Å². The third kappa shape index (κ3) is 3.46. The van der Waals surface area contributed by atoms with Crippen LogP contribution in [0.2, 0.25) is 0 Å². The second-order valence-corrected chi connectivity index (χ2v) is 7.17. The Morgan fingerprint density at radius 2 is 2.00 bits per heavy atom. The van der Waals surface area contributed by atoms with Crippen LogP contribution in [0.15, 0.2) is 48.8 Å². The molecule has 4 rings (SSSR count). The number of aromatic nitrogens is 4. The highest BCUT2D eigenvalue weighted by Crippen LogP contribution is 2.32. The molecule has 1 N–H and O–H groups in total. The van der Waals surface area contributed by atoms with Gasteiger partial charge >= 0.3 is 6.18 Å². The fourth-order valence-corrected chi connectivity index (χ4v) is 3.30. The number of amides is 1. The van der Waals surface area contributed by atoms with Crippen LogP contribution in [0.25, 0.3) is 16.9 Å². The Bertz CT molecular complexity index is 1180. The standard InChI is InChI=1S/C18H12F3N5OS/c1-10-9-23-17(28-10)24-16(27)14-5-6-22-15-8-13(25-26(14)15)11-3-2-4-12(7-11)18(19,20)21/h2-9H,1H3,(H,23,24,27). The number of benzene rings is 1. The van der Waals surface area contributed by atoms with E-state index in [2.05, 4.69) is 20.4 Å². The van der Waals surface area contributed by atoms with E-state index in [-0.39, 0.29) is 17.0 Å². The summed E-state index contributed by atoms with van der Waals surface area (Å²) in [7, 11) is 0. The Morgan fingerprint density at radius 1 is 1.18 bits per heavy atom. The number of nitrogens with zero attached hydrogens (tertiary/aromatic N) is 4. The molecular weight excluding hydrogens is 391 g/mol. The number of fused-ring (bicyclic) bond motifs is 1. The summed E-state index contributed by atoms with van der Waals surface area (Å²) in [4.78, 5) is 21.8. The van der Waals surface area contributed by atoms with E-state index in [1.54, 1.807) is 6.20 Å². The predicted molar refractivity (Wildman–Crippen MR) is 98.2 cm³/mol. The smallest absolute Gasteiger partial charge is 0.296 e. The Kier molecular flexibility index (Phi) is 4.34. The van der Waals surface area contributed by atoms with Crippen LogP contribution in [0.4, 0.5) is 18.3 Å². The van der Waals surface area contributed by atoms with Crippen LogP contribution in [0.1, 0.15) is 20.9 Å². The fraction of sp³-hybridized carbons (Fsp3) is 0.111. The van der Waals surface area contributed by atoms with Crippen molar-refractivity contribution < 1.29 is 18.0 Å². The van der Waals surface area contributed by atoms with Gasteiger partial charge in [-0.1, -0.05) is 12.1 Å². The highest BCUT2D eigenvalue weighted by atomic mass is 32.1. The first-order chi connectivity index (χ1) is 13.3. The molecule has 0 bridgehead atoms. The zero-order chi connectivity index (χ0) is 19.9. The van der Waals surface area contributed by atoms with E-state index < -0.39 is 17.6 Å². The van der Waals surface area contributed by atoms with Gasteiger partial charge in [-0.15, -0.1) is 11.3 Å². The summed E-state index contributed by atoms with van der Waals surface area (Å²) in [6, 6.07) is 7.85. The molecule has 3 heterocycles. The van der Waals surface area contributed by atoms with Gasteiger partial charge in [0, 0.05) is 28.9 Å². The third-order valence-corrected chi connectivity index (χ3v) is 4.75. The maximum Gasteiger partial charge on any atom is 0.416 e. The molecule has 0 saturated carbocycles. The number of hydrogen-bond donors (Lipinski definition) is 1. The first-order valence-electron chi connectivity index (χ1n) is 8.07. The minimum Gasteiger partial charge on any atom is -0.296 e. The van der Waals surface area contributed by atoms with Gasteiger partial charge in [-0.05, 0) is 25.1 Å². The lowest BCUT2D eigenvalue weighted by Gasteiger charge is -2.07. The number of halogens is 3. The number of carbonyl (C=O) groups is 1. The third-order valence-electron chi connectivity index (χ3n) is 3.92. The van der Waals surface area contributed by atoms with Crippen molar-refractivity contribution in [2.75, 3.05) is 5.32 Å². The minimum absolute atomic E-state index is 0.191. The van der Waals surface area contributed by atoms with Crippen LogP contribution < -0.4 is 5.32 Å². The normalized spacial score (nSPS) is 11.7. The van der Waals surface area contributed by atoms with E-state index in [4.69, 9.17) is 0 Å². The molecule has 4 aromatic rings. The summed E-state index contributed by atoms with van der Waals surface area (Å²) in [5, 5.41) is 7.41. The number of hydrogen-bond acceptors (Lipinski definition) is 5. The molecule has 142 valence electrons. The van der Waals surface area contributed by atoms with Crippen molar-refractivity contribution in [1.82, 2.24) is 19.6 Å². The van der Waals surface area contributed by atoms with Gasteiger partial charge in [0.05, 0.1) is 11.3 Å². The molecule has 0 saturated heterocycles. The SMILES string of the molecule is Cc1cnc(NC(=O)c2ccnc3cc(-c4cccc(C(F)(F)F)c4)nn23)s1. The van der Waals surface area contributed by atoms with Crippen molar-refractivity contribution in [1.29, 1.82) is 0 Å². The second kappa shape index (κ2) is 6.71. The summed E-state index contributed by atoms with van der Waals surface area (Å²) in [6.45, 7) is 1.87. The maximum atomic E-state index is 13.0. The molecule has 0 spiro atoms. The zero-order valence-electron chi connectivity index (χ0n) is 14.4. The molecule has 0 atom stereocenters. The van der Waals surface area contributed by atoms with E-state index in [9.17, 15) is 18.0 Å². The number of thiazole rings is 1. The molecular formula is C18H12F3N5OS. The number of aryl methyl sites for hydroxylation is 1. The topological polar surface area (TPSA) is 72.2 Å². The summed E-state index contributed by atoms with van der Waals surface area (Å²) < 4.78 is 40.2. The zero-order valence-corrected chi connectivity index (χ0v) is 15.2. The molecule has 3 aromatic heterocycles. The van der Waals surface area contributed by atoms with E-state index in [1.807, 2.05) is 6.92 Å². The van der Waals surface area contributed by atoms with Crippen LogP contribution in [-0.4, -0.2) is 25.5 Å². The van der Waals surface area contributed by atoms with Gasteiger partial charge in [0.25, 0.3) is 5.91 Å². The summed E-state index contributed by atoms with van der Waals surface area (Å²) in [6.07, 6.45) is -1.37. The van der Waals surface area contributed by atoms with E-state index in [1.165, 1.54) is 46.3 Å². The first kappa shape index (κ1) is 18.1. The number of carbonyl (C=O) groups excluding carboxylic acids is 1. The lowest BCUT2D eigenvalue weighted by Crippen LogP contribution is -2.16. The van der Waals surface area contributed by atoms with Gasteiger partial charge < -0.3 is 0 Å². The lowest BCUT2D eigenvalue weighted by molar-refractivity contribution is -0.137. The molecule has 1 amide bonds. The van der Waals surface area contributed by atoms with Crippen molar-refractivity contribution in [3.05, 3.63) is 64.9 Å². The van der Waals surface area contributed by atoms with Crippen LogP contribution in [-0.2, 0) is 6.18 Å². The van der Waals surface area contributed by atoms with Crippen LogP contribution in [0, 0.1) is 6.92 Å². The van der Waals surface area contributed by atoms with Crippen molar-refractivity contribution in [2.24, 2.45) is 0 Å². The molecule has 0 aliphatic heterocycles. The van der Waals surface area contributed by atoms with Gasteiger partial charge in [-0.3, -0.25) is 10.1 Å². The second-order valence-electron chi connectivity index (χ2n) is 5.94. The molecule has 0 unspecified atom stereocenters. The van der Waals surface area contributed by atoms with Crippen LogP contribution >= 0.6 is 11.3 Å². The van der Waals surface area contributed by atoms with Crippen molar-refractivity contribution >= 4 is 28.0 Å². The lowest BCUT2D eigenvalue weighted by atomic mass is 10.1. The monoisotopic (exact) mass is 403 g/mol. The molecule has 0 radical (unpaired) electrons. The quantitative estimate of drug-likeness (QED) is 0.549. The molecule has 6 nitrogen and oxygen atoms in total. The summed E-state index contributed by atoms with van der Waals surface area (Å²) >= 11 is 1.33. The van der Waals surface area contributed by atoms with Crippen molar-refractivity contribution in [3.63, 3.8) is 0 Å². The number of anilines is 1. The van der Waals surface area contributed by atoms with Crippen molar-refractivity contribution in [2.45, 2.75) is 13.1 Å². The molecule has 28 heavy (non-hydrogen) atoms. The number of nitrogens with one attached hydrogen (secondary N) is 1. The summed E-state index contributed by atoms with van der Waals surface area (Å²) in [5.74, 6) is -0.444. The Morgan fingerprint density at radius 3 is 2.71 bits per heavy atom. The van der Waals surface area contributed by atoms with Gasteiger partial charge in [0.2, 0.25) is 0 Å².